The van der Waals surface area contributed by atoms with Gasteiger partial charge in [0.25, 0.3) is 0 Å². The quantitative estimate of drug-likeness (QED) is 0.723. The van der Waals surface area contributed by atoms with E-state index < -0.39 is 5.97 Å². The molecule has 4 rings (SSSR count). The van der Waals surface area contributed by atoms with E-state index in [1.54, 1.807) is 0 Å². The second kappa shape index (κ2) is 6.51. The summed E-state index contributed by atoms with van der Waals surface area (Å²) in [4.78, 5) is 20.9. The van der Waals surface area contributed by atoms with Crippen LogP contribution in [0, 0.1) is 6.92 Å². The van der Waals surface area contributed by atoms with Gasteiger partial charge in [-0.15, -0.1) is 0 Å². The number of ether oxygens (including phenoxy) is 3. The van der Waals surface area contributed by atoms with Crippen molar-refractivity contribution in [2.75, 3.05) is 19.2 Å². The molecular formula is C19H17N3O4. The summed E-state index contributed by atoms with van der Waals surface area (Å²) in [6, 6.07) is 9.52. The lowest BCUT2D eigenvalue weighted by Crippen LogP contribution is -2.10. The van der Waals surface area contributed by atoms with Crippen LogP contribution in [0.5, 0.6) is 11.5 Å². The van der Waals surface area contributed by atoms with Crippen LogP contribution in [-0.4, -0.2) is 29.8 Å². The molecule has 0 fully saturated rings. The molecule has 7 heteroatoms. The van der Waals surface area contributed by atoms with Gasteiger partial charge in [0.2, 0.25) is 6.79 Å². The molecule has 1 aromatic carbocycles. The maximum absolute atomic E-state index is 12.2. The monoisotopic (exact) mass is 351 g/mol. The second-order valence-corrected chi connectivity index (χ2v) is 5.90. The van der Waals surface area contributed by atoms with Gasteiger partial charge in [-0.2, -0.15) is 0 Å². The number of pyridine rings is 2. The van der Waals surface area contributed by atoms with Crippen LogP contribution in [0.4, 0.5) is 5.69 Å². The molecule has 3 aromatic rings. The minimum absolute atomic E-state index is 0.235. The van der Waals surface area contributed by atoms with E-state index in [4.69, 9.17) is 14.2 Å². The van der Waals surface area contributed by atoms with Gasteiger partial charge in [-0.05, 0) is 36.8 Å². The van der Waals surface area contributed by atoms with Crippen LogP contribution in [0.25, 0.3) is 11.0 Å². The summed E-state index contributed by atoms with van der Waals surface area (Å²) in [5.74, 6) is 1.00. The van der Waals surface area contributed by atoms with Crippen molar-refractivity contribution >= 4 is 22.7 Å². The standard InChI is InChI=1S/C19H17N3O4/c1-11-3-5-13-17(14(19(23)24-2)9-21-18(13)22-11)20-8-12-4-6-15-16(7-12)26-10-25-15/h3-7,9H,8,10H2,1-2H3,(H,20,21,22). The number of rotatable bonds is 4. The number of anilines is 1. The summed E-state index contributed by atoms with van der Waals surface area (Å²) in [6.07, 6.45) is 1.49. The first-order valence-corrected chi connectivity index (χ1v) is 8.13. The number of hydrogen-bond donors (Lipinski definition) is 1. The van der Waals surface area contributed by atoms with Crippen molar-refractivity contribution in [2.24, 2.45) is 0 Å². The van der Waals surface area contributed by atoms with Gasteiger partial charge < -0.3 is 19.5 Å². The Morgan fingerprint density at radius 1 is 1.23 bits per heavy atom. The maximum atomic E-state index is 12.2. The van der Waals surface area contributed by atoms with E-state index in [2.05, 4.69) is 15.3 Å². The number of aromatic nitrogens is 2. The highest BCUT2D eigenvalue weighted by Crippen LogP contribution is 2.33. The molecule has 1 aliphatic rings. The molecule has 132 valence electrons. The lowest BCUT2D eigenvalue weighted by atomic mass is 10.1. The van der Waals surface area contributed by atoms with Gasteiger partial charge in [-0.3, -0.25) is 0 Å². The number of fused-ring (bicyclic) bond motifs is 2. The Balaban J connectivity index is 1.70. The first-order valence-electron chi connectivity index (χ1n) is 8.13. The molecule has 3 heterocycles. The summed E-state index contributed by atoms with van der Waals surface area (Å²) >= 11 is 0. The van der Waals surface area contributed by atoms with E-state index in [-0.39, 0.29) is 6.79 Å². The summed E-state index contributed by atoms with van der Waals surface area (Å²) in [7, 11) is 1.35. The third-order valence-corrected chi connectivity index (χ3v) is 4.18. The molecule has 7 nitrogen and oxygen atoms in total. The Labute approximate surface area is 149 Å². The molecular weight excluding hydrogens is 334 g/mol. The molecule has 0 unspecified atom stereocenters. The van der Waals surface area contributed by atoms with Crippen LogP contribution in [0.3, 0.4) is 0 Å². The molecule has 0 amide bonds. The zero-order valence-corrected chi connectivity index (χ0v) is 14.4. The highest BCUT2D eigenvalue weighted by Gasteiger charge is 2.18. The lowest BCUT2D eigenvalue weighted by Gasteiger charge is -2.14. The van der Waals surface area contributed by atoms with Gasteiger partial charge >= 0.3 is 5.97 Å². The molecule has 0 saturated carbocycles. The van der Waals surface area contributed by atoms with Crippen molar-refractivity contribution in [2.45, 2.75) is 13.5 Å². The number of nitrogens with one attached hydrogen (secondary N) is 1. The lowest BCUT2D eigenvalue weighted by molar-refractivity contribution is 0.0601. The van der Waals surface area contributed by atoms with E-state index >= 15 is 0 Å². The van der Waals surface area contributed by atoms with Gasteiger partial charge in [0.05, 0.1) is 12.8 Å². The molecule has 0 radical (unpaired) electrons. The average molecular weight is 351 g/mol. The normalized spacial score (nSPS) is 12.2. The van der Waals surface area contributed by atoms with Crippen molar-refractivity contribution in [3.63, 3.8) is 0 Å². The van der Waals surface area contributed by atoms with Crippen LogP contribution in [-0.2, 0) is 11.3 Å². The summed E-state index contributed by atoms with van der Waals surface area (Å²) < 4.78 is 15.6. The Morgan fingerprint density at radius 2 is 2.08 bits per heavy atom. The predicted octanol–water partition coefficient (Wildman–Crippen LogP) is 3.07. The highest BCUT2D eigenvalue weighted by molar-refractivity contribution is 6.04. The Hall–Kier alpha value is -3.35. The third kappa shape index (κ3) is 2.88. The van der Waals surface area contributed by atoms with Crippen LogP contribution in [0.2, 0.25) is 0 Å². The number of nitrogens with zero attached hydrogens (tertiary/aromatic N) is 2. The molecule has 0 spiro atoms. The maximum Gasteiger partial charge on any atom is 0.341 e. The summed E-state index contributed by atoms with van der Waals surface area (Å²) in [6.45, 7) is 2.63. The van der Waals surface area contributed by atoms with Gasteiger partial charge in [0.1, 0.15) is 5.56 Å². The molecule has 0 bridgehead atoms. The van der Waals surface area contributed by atoms with Crippen molar-refractivity contribution in [3.05, 3.63) is 53.3 Å². The van der Waals surface area contributed by atoms with Gasteiger partial charge in [0.15, 0.2) is 17.1 Å². The Kier molecular flexibility index (Phi) is 4.04. The van der Waals surface area contributed by atoms with Crippen LogP contribution < -0.4 is 14.8 Å². The first kappa shape index (κ1) is 16.1. The molecule has 2 aromatic heterocycles. The van der Waals surface area contributed by atoms with E-state index in [0.717, 1.165) is 28.1 Å². The van der Waals surface area contributed by atoms with E-state index in [9.17, 15) is 4.79 Å². The molecule has 0 aliphatic carbocycles. The average Bonchev–Trinajstić information content (AvgIpc) is 3.12. The van der Waals surface area contributed by atoms with Crippen LogP contribution in [0.1, 0.15) is 21.6 Å². The number of carbonyl (C=O) groups excluding carboxylic acids is 1. The van der Waals surface area contributed by atoms with Crippen LogP contribution >= 0.6 is 0 Å². The number of hydrogen-bond acceptors (Lipinski definition) is 7. The minimum atomic E-state index is -0.451. The smallest absolute Gasteiger partial charge is 0.341 e. The van der Waals surface area contributed by atoms with Gasteiger partial charge in [-0.1, -0.05) is 6.07 Å². The third-order valence-electron chi connectivity index (χ3n) is 4.18. The predicted molar refractivity (Wildman–Crippen MR) is 95.5 cm³/mol. The highest BCUT2D eigenvalue weighted by atomic mass is 16.7. The van der Waals surface area contributed by atoms with Crippen molar-refractivity contribution in [1.29, 1.82) is 0 Å². The number of carbonyl (C=O) groups is 1. The topological polar surface area (TPSA) is 82.6 Å². The molecule has 0 saturated heterocycles. The molecule has 0 atom stereocenters. The van der Waals surface area contributed by atoms with Crippen molar-refractivity contribution in [1.82, 2.24) is 9.97 Å². The molecule has 1 N–H and O–H groups in total. The largest absolute Gasteiger partial charge is 0.465 e. The van der Waals surface area contributed by atoms with E-state index in [1.807, 2.05) is 37.3 Å². The van der Waals surface area contributed by atoms with Gasteiger partial charge in [-0.25, -0.2) is 14.8 Å². The number of esters is 1. The fraction of sp³-hybridized carbons (Fsp3) is 0.211. The number of aryl methyl sites for hydroxylation is 1. The van der Waals surface area contributed by atoms with Crippen molar-refractivity contribution in [3.8, 4) is 11.5 Å². The summed E-state index contributed by atoms with van der Waals surface area (Å²) in [5.41, 5.74) is 3.44. The Bertz CT molecular complexity index is 1000. The second-order valence-electron chi connectivity index (χ2n) is 5.90. The van der Waals surface area contributed by atoms with Gasteiger partial charge in [0, 0.05) is 23.8 Å². The fourth-order valence-electron chi connectivity index (χ4n) is 2.87. The minimum Gasteiger partial charge on any atom is -0.465 e. The zero-order chi connectivity index (χ0) is 18.1. The molecule has 1 aliphatic heterocycles. The van der Waals surface area contributed by atoms with Crippen LogP contribution in [0.15, 0.2) is 36.5 Å². The fourth-order valence-corrected chi connectivity index (χ4v) is 2.87. The SMILES string of the molecule is COC(=O)c1cnc2nc(C)ccc2c1NCc1ccc2c(c1)OCO2. The number of methoxy groups -OCH3 is 1. The Morgan fingerprint density at radius 3 is 2.92 bits per heavy atom. The zero-order valence-electron chi connectivity index (χ0n) is 14.4. The van der Waals surface area contributed by atoms with E-state index in [1.165, 1.54) is 13.3 Å². The van der Waals surface area contributed by atoms with Crippen molar-refractivity contribution < 1.29 is 19.0 Å². The first-order chi connectivity index (χ1) is 12.7. The summed E-state index contributed by atoms with van der Waals surface area (Å²) in [5, 5.41) is 4.08. The van der Waals surface area contributed by atoms with E-state index in [0.29, 0.717) is 23.4 Å². The molecule has 26 heavy (non-hydrogen) atoms. The number of benzene rings is 1.